The molecule has 1 aromatic heterocycles. The van der Waals surface area contributed by atoms with Gasteiger partial charge < -0.3 is 19.5 Å². The van der Waals surface area contributed by atoms with Crippen LogP contribution in [0.2, 0.25) is 0 Å². The molecular formula is C13H15N3O3S. The molecule has 1 aliphatic rings. The standard InChI is InChI=1S/C13H15N3O3S/c1-2-5-14-13-10(15-16-20-13)7-17-9-3-4-11-12(6-9)19-8-18-11/h3-4,6,14H,2,5,7-8H2,1H3. The van der Waals surface area contributed by atoms with Gasteiger partial charge in [-0.05, 0) is 18.6 Å². The second-order valence-electron chi connectivity index (χ2n) is 4.28. The first-order chi connectivity index (χ1) is 9.86. The molecule has 7 heteroatoms. The third-order valence-corrected chi connectivity index (χ3v) is 3.54. The highest BCUT2D eigenvalue weighted by Gasteiger charge is 2.14. The average molecular weight is 293 g/mol. The molecule has 6 nitrogen and oxygen atoms in total. The third kappa shape index (κ3) is 2.77. The largest absolute Gasteiger partial charge is 0.487 e. The lowest BCUT2D eigenvalue weighted by Gasteiger charge is -2.07. The minimum Gasteiger partial charge on any atom is -0.487 e. The lowest BCUT2D eigenvalue weighted by atomic mass is 10.3. The highest BCUT2D eigenvalue weighted by Crippen LogP contribution is 2.35. The molecule has 1 aromatic carbocycles. The Hall–Kier alpha value is -2.02. The van der Waals surface area contributed by atoms with Gasteiger partial charge in [0.15, 0.2) is 11.5 Å². The van der Waals surface area contributed by atoms with Gasteiger partial charge in [0.25, 0.3) is 0 Å². The molecule has 106 valence electrons. The van der Waals surface area contributed by atoms with E-state index in [-0.39, 0.29) is 6.79 Å². The summed E-state index contributed by atoms with van der Waals surface area (Å²) in [4.78, 5) is 0. The molecule has 0 saturated carbocycles. The van der Waals surface area contributed by atoms with Crippen molar-refractivity contribution in [2.45, 2.75) is 20.0 Å². The Morgan fingerprint density at radius 1 is 1.35 bits per heavy atom. The van der Waals surface area contributed by atoms with Gasteiger partial charge in [-0.3, -0.25) is 0 Å². The number of rotatable bonds is 6. The molecular weight excluding hydrogens is 278 g/mol. The van der Waals surface area contributed by atoms with Crippen LogP contribution in [0.5, 0.6) is 17.2 Å². The summed E-state index contributed by atoms with van der Waals surface area (Å²) in [5, 5.41) is 8.34. The van der Waals surface area contributed by atoms with Crippen LogP contribution in [0.15, 0.2) is 18.2 Å². The molecule has 0 atom stereocenters. The fourth-order valence-electron chi connectivity index (χ4n) is 1.79. The summed E-state index contributed by atoms with van der Waals surface area (Å²) in [6.45, 7) is 3.66. The number of fused-ring (bicyclic) bond motifs is 1. The van der Waals surface area contributed by atoms with Crippen molar-refractivity contribution in [3.63, 3.8) is 0 Å². The number of ether oxygens (including phenoxy) is 3. The van der Waals surface area contributed by atoms with Crippen molar-refractivity contribution < 1.29 is 14.2 Å². The van der Waals surface area contributed by atoms with Crippen LogP contribution in [0, 0.1) is 0 Å². The number of hydrogen-bond donors (Lipinski definition) is 1. The van der Waals surface area contributed by atoms with E-state index in [0.717, 1.165) is 35.2 Å². The summed E-state index contributed by atoms with van der Waals surface area (Å²) in [7, 11) is 0. The van der Waals surface area contributed by atoms with Gasteiger partial charge in [-0.15, -0.1) is 5.10 Å². The molecule has 0 spiro atoms. The van der Waals surface area contributed by atoms with E-state index in [1.807, 2.05) is 18.2 Å². The van der Waals surface area contributed by atoms with Crippen LogP contribution in [-0.4, -0.2) is 22.9 Å². The highest BCUT2D eigenvalue weighted by molar-refractivity contribution is 7.10. The number of anilines is 1. The summed E-state index contributed by atoms with van der Waals surface area (Å²) < 4.78 is 20.2. The van der Waals surface area contributed by atoms with E-state index in [2.05, 4.69) is 21.8 Å². The molecule has 1 N–H and O–H groups in total. The monoisotopic (exact) mass is 293 g/mol. The van der Waals surface area contributed by atoms with E-state index in [1.165, 1.54) is 11.5 Å². The predicted molar refractivity (Wildman–Crippen MR) is 75.6 cm³/mol. The number of nitrogens with zero attached hydrogens (tertiary/aromatic N) is 2. The zero-order valence-electron chi connectivity index (χ0n) is 11.1. The van der Waals surface area contributed by atoms with Gasteiger partial charge in [-0.25, -0.2) is 0 Å². The SMILES string of the molecule is CCCNc1snnc1COc1ccc2c(c1)OCO2. The van der Waals surface area contributed by atoms with Crippen LogP contribution in [0.25, 0.3) is 0 Å². The van der Waals surface area contributed by atoms with E-state index in [0.29, 0.717) is 12.4 Å². The first-order valence-corrected chi connectivity index (χ1v) is 7.21. The van der Waals surface area contributed by atoms with Gasteiger partial charge >= 0.3 is 0 Å². The Bertz CT molecular complexity index is 588. The highest BCUT2D eigenvalue weighted by atomic mass is 32.1. The van der Waals surface area contributed by atoms with Crippen LogP contribution in [0.1, 0.15) is 19.0 Å². The first kappa shape index (κ1) is 13.0. The van der Waals surface area contributed by atoms with Gasteiger partial charge in [0.1, 0.15) is 23.1 Å². The third-order valence-electron chi connectivity index (χ3n) is 2.81. The summed E-state index contributed by atoms with van der Waals surface area (Å²) in [6.07, 6.45) is 1.06. The number of nitrogens with one attached hydrogen (secondary N) is 1. The Kier molecular flexibility index (Phi) is 3.87. The minimum atomic E-state index is 0.264. The summed E-state index contributed by atoms with van der Waals surface area (Å²) in [6, 6.07) is 5.51. The lowest BCUT2D eigenvalue weighted by Crippen LogP contribution is -2.03. The van der Waals surface area contributed by atoms with Crippen LogP contribution >= 0.6 is 11.5 Å². The van der Waals surface area contributed by atoms with Gasteiger partial charge in [0, 0.05) is 24.1 Å². The van der Waals surface area contributed by atoms with Gasteiger partial charge in [-0.1, -0.05) is 11.4 Å². The fourth-order valence-corrected chi connectivity index (χ4v) is 2.39. The molecule has 2 heterocycles. The Balaban J connectivity index is 1.63. The van der Waals surface area contributed by atoms with Crippen molar-refractivity contribution >= 4 is 16.5 Å². The fraction of sp³-hybridized carbons (Fsp3) is 0.385. The summed E-state index contributed by atoms with van der Waals surface area (Å²) in [5.41, 5.74) is 0.820. The molecule has 0 aliphatic carbocycles. The zero-order valence-corrected chi connectivity index (χ0v) is 11.9. The van der Waals surface area contributed by atoms with Gasteiger partial charge in [0.05, 0.1) is 0 Å². The van der Waals surface area contributed by atoms with Crippen molar-refractivity contribution in [3.05, 3.63) is 23.9 Å². The summed E-state index contributed by atoms with van der Waals surface area (Å²) in [5.74, 6) is 2.19. The lowest BCUT2D eigenvalue weighted by molar-refractivity contribution is 0.173. The maximum Gasteiger partial charge on any atom is 0.231 e. The van der Waals surface area contributed by atoms with E-state index >= 15 is 0 Å². The molecule has 20 heavy (non-hydrogen) atoms. The molecule has 0 saturated heterocycles. The maximum absolute atomic E-state index is 5.72. The number of benzene rings is 1. The maximum atomic E-state index is 5.72. The number of hydrogen-bond acceptors (Lipinski definition) is 7. The van der Waals surface area contributed by atoms with Crippen LogP contribution < -0.4 is 19.5 Å². The Morgan fingerprint density at radius 2 is 2.25 bits per heavy atom. The topological polar surface area (TPSA) is 65.5 Å². The summed E-state index contributed by atoms with van der Waals surface area (Å²) >= 11 is 1.35. The number of aromatic nitrogens is 2. The molecule has 0 bridgehead atoms. The van der Waals surface area contributed by atoms with Crippen LogP contribution in [0.3, 0.4) is 0 Å². The van der Waals surface area contributed by atoms with E-state index in [9.17, 15) is 0 Å². The van der Waals surface area contributed by atoms with Crippen LogP contribution in [-0.2, 0) is 6.61 Å². The second kappa shape index (κ2) is 5.96. The van der Waals surface area contributed by atoms with E-state index in [4.69, 9.17) is 14.2 Å². The quantitative estimate of drug-likeness (QED) is 0.883. The molecule has 3 rings (SSSR count). The molecule has 0 fully saturated rings. The smallest absolute Gasteiger partial charge is 0.231 e. The predicted octanol–water partition coefficient (Wildman–Crippen LogP) is 2.67. The van der Waals surface area contributed by atoms with E-state index < -0.39 is 0 Å². The molecule has 0 amide bonds. The first-order valence-electron chi connectivity index (χ1n) is 6.44. The Morgan fingerprint density at radius 3 is 3.15 bits per heavy atom. The molecule has 0 radical (unpaired) electrons. The average Bonchev–Trinajstić information content (AvgIpc) is 3.11. The normalized spacial score (nSPS) is 12.4. The second-order valence-corrected chi connectivity index (χ2v) is 5.03. The minimum absolute atomic E-state index is 0.264. The van der Waals surface area contributed by atoms with Gasteiger partial charge in [0.2, 0.25) is 6.79 Å². The van der Waals surface area contributed by atoms with Gasteiger partial charge in [-0.2, -0.15) is 0 Å². The van der Waals surface area contributed by atoms with Crippen LogP contribution in [0.4, 0.5) is 5.00 Å². The zero-order chi connectivity index (χ0) is 13.8. The van der Waals surface area contributed by atoms with Crippen molar-refractivity contribution in [2.24, 2.45) is 0 Å². The molecule has 2 aromatic rings. The van der Waals surface area contributed by atoms with Crippen molar-refractivity contribution in [3.8, 4) is 17.2 Å². The molecule has 1 aliphatic heterocycles. The molecule has 0 unspecified atom stereocenters. The van der Waals surface area contributed by atoms with Crippen molar-refractivity contribution in [1.29, 1.82) is 0 Å². The van der Waals surface area contributed by atoms with Crippen molar-refractivity contribution in [2.75, 3.05) is 18.7 Å². The Labute approximate surface area is 120 Å². The van der Waals surface area contributed by atoms with E-state index in [1.54, 1.807) is 0 Å². The van der Waals surface area contributed by atoms with Crippen molar-refractivity contribution in [1.82, 2.24) is 9.59 Å².